The monoisotopic (exact) mass is 343 g/mol. The second kappa shape index (κ2) is 8.11. The van der Waals surface area contributed by atoms with Crippen LogP contribution in [0.2, 0.25) is 0 Å². The van der Waals surface area contributed by atoms with E-state index in [0.29, 0.717) is 18.9 Å². The number of hydrogen-bond donors (Lipinski definition) is 1. The molecule has 0 saturated heterocycles. The lowest BCUT2D eigenvalue weighted by molar-refractivity contribution is -0.119. The maximum atomic E-state index is 12.0. The highest BCUT2D eigenvalue weighted by Crippen LogP contribution is 2.30. The van der Waals surface area contributed by atoms with Crippen molar-refractivity contribution in [1.29, 1.82) is 0 Å². The number of ether oxygens (including phenoxy) is 2. The highest BCUT2D eigenvalue weighted by molar-refractivity contribution is 7.99. The number of carbonyl (C=O) groups is 1. The molecule has 3 rings (SSSR count). The molecule has 126 valence electrons. The summed E-state index contributed by atoms with van der Waals surface area (Å²) in [5, 5.41) is 2.92. The molecule has 0 aromatic heterocycles. The largest absolute Gasteiger partial charge is 0.486 e. The molecule has 1 aliphatic heterocycles. The van der Waals surface area contributed by atoms with E-state index in [1.165, 1.54) is 11.1 Å². The minimum atomic E-state index is -0.148. The molecule has 0 unspecified atom stereocenters. The van der Waals surface area contributed by atoms with Crippen LogP contribution in [0.5, 0.6) is 11.5 Å². The molecular formula is C19H21NO3S. The fourth-order valence-electron chi connectivity index (χ4n) is 2.47. The summed E-state index contributed by atoms with van der Waals surface area (Å²) in [5.41, 5.74) is 2.53. The molecule has 0 aliphatic carbocycles. The topological polar surface area (TPSA) is 47.6 Å². The van der Waals surface area contributed by atoms with Crippen molar-refractivity contribution < 1.29 is 14.3 Å². The van der Waals surface area contributed by atoms with Crippen LogP contribution in [0.1, 0.15) is 11.1 Å². The number of aryl methyl sites for hydroxylation is 1. The molecule has 24 heavy (non-hydrogen) atoms. The summed E-state index contributed by atoms with van der Waals surface area (Å²) >= 11 is 1.62. The summed E-state index contributed by atoms with van der Waals surface area (Å²) < 4.78 is 11.5. The Hall–Kier alpha value is -2.14. The number of nitrogens with one attached hydrogen (secondary N) is 1. The Labute approximate surface area is 146 Å². The first kappa shape index (κ1) is 16.7. The Morgan fingerprint density at radius 1 is 1.17 bits per heavy atom. The molecule has 1 atom stereocenters. The van der Waals surface area contributed by atoms with Gasteiger partial charge in [-0.1, -0.05) is 36.4 Å². The number of hydrogen-bond acceptors (Lipinski definition) is 4. The van der Waals surface area contributed by atoms with Crippen LogP contribution in [0.3, 0.4) is 0 Å². The van der Waals surface area contributed by atoms with E-state index < -0.39 is 0 Å². The van der Waals surface area contributed by atoms with Crippen LogP contribution >= 0.6 is 11.8 Å². The van der Waals surface area contributed by atoms with Gasteiger partial charge in [-0.25, -0.2) is 0 Å². The van der Waals surface area contributed by atoms with Gasteiger partial charge >= 0.3 is 0 Å². The molecule has 2 aromatic carbocycles. The maximum Gasteiger partial charge on any atom is 0.230 e. The molecule has 1 amide bonds. The third-order valence-electron chi connectivity index (χ3n) is 3.85. The minimum Gasteiger partial charge on any atom is -0.486 e. The predicted octanol–water partition coefficient (Wildman–Crippen LogP) is 3.18. The fraction of sp³-hybridized carbons (Fsp3) is 0.316. The van der Waals surface area contributed by atoms with E-state index in [0.717, 1.165) is 17.3 Å². The van der Waals surface area contributed by atoms with Crippen LogP contribution in [-0.4, -0.2) is 30.9 Å². The van der Waals surface area contributed by atoms with E-state index in [1.54, 1.807) is 11.8 Å². The number of thioether (sulfide) groups is 1. The van der Waals surface area contributed by atoms with E-state index in [-0.39, 0.29) is 12.0 Å². The van der Waals surface area contributed by atoms with Crippen molar-refractivity contribution in [3.8, 4) is 11.5 Å². The number of amides is 1. The van der Waals surface area contributed by atoms with Crippen molar-refractivity contribution in [2.45, 2.75) is 18.8 Å². The van der Waals surface area contributed by atoms with E-state index in [4.69, 9.17) is 9.47 Å². The summed E-state index contributed by atoms with van der Waals surface area (Å²) in [6, 6.07) is 15.8. The number of rotatable bonds is 6. The van der Waals surface area contributed by atoms with Gasteiger partial charge in [0.25, 0.3) is 0 Å². The average molecular weight is 343 g/mol. The van der Waals surface area contributed by atoms with Gasteiger partial charge in [0.05, 0.1) is 12.3 Å². The normalized spacial score (nSPS) is 15.8. The first-order chi connectivity index (χ1) is 11.7. The molecule has 1 heterocycles. The standard InChI is InChI=1S/C19H21NO3S/c1-14-6-2-3-7-15(14)12-24-13-19(21)20-10-16-11-22-17-8-4-5-9-18(17)23-16/h2-9,16H,10-13H2,1H3,(H,20,21)/t16-/m0/s1. The van der Waals surface area contributed by atoms with Gasteiger partial charge in [-0.2, -0.15) is 0 Å². The van der Waals surface area contributed by atoms with Crippen LogP contribution in [0.15, 0.2) is 48.5 Å². The lowest BCUT2D eigenvalue weighted by Crippen LogP contribution is -2.41. The van der Waals surface area contributed by atoms with Gasteiger partial charge in [-0.3, -0.25) is 4.79 Å². The molecule has 0 spiro atoms. The molecule has 0 fully saturated rings. The Morgan fingerprint density at radius 3 is 2.75 bits per heavy atom. The lowest BCUT2D eigenvalue weighted by atomic mass is 10.1. The second-order valence-electron chi connectivity index (χ2n) is 5.72. The molecule has 1 aliphatic rings. The highest BCUT2D eigenvalue weighted by Gasteiger charge is 2.20. The van der Waals surface area contributed by atoms with Gasteiger partial charge < -0.3 is 14.8 Å². The average Bonchev–Trinajstić information content (AvgIpc) is 2.61. The molecule has 2 aromatic rings. The van der Waals surface area contributed by atoms with Crippen LogP contribution in [0.25, 0.3) is 0 Å². The van der Waals surface area contributed by atoms with Crippen LogP contribution in [-0.2, 0) is 10.5 Å². The van der Waals surface area contributed by atoms with Crippen molar-refractivity contribution >= 4 is 17.7 Å². The van der Waals surface area contributed by atoms with Gasteiger partial charge in [-0.15, -0.1) is 11.8 Å². The SMILES string of the molecule is Cc1ccccc1CSCC(=O)NC[C@H]1COc2ccccc2O1. The lowest BCUT2D eigenvalue weighted by Gasteiger charge is -2.26. The molecule has 1 N–H and O–H groups in total. The van der Waals surface area contributed by atoms with E-state index >= 15 is 0 Å². The van der Waals surface area contributed by atoms with Crippen molar-refractivity contribution in [3.05, 3.63) is 59.7 Å². The zero-order valence-electron chi connectivity index (χ0n) is 13.7. The quantitative estimate of drug-likeness (QED) is 0.875. The van der Waals surface area contributed by atoms with Gasteiger partial charge in [0, 0.05) is 5.75 Å². The zero-order chi connectivity index (χ0) is 16.8. The Kier molecular flexibility index (Phi) is 5.64. The Balaban J connectivity index is 1.38. The van der Waals surface area contributed by atoms with Crippen LogP contribution in [0.4, 0.5) is 0 Å². The van der Waals surface area contributed by atoms with Crippen LogP contribution in [0, 0.1) is 6.92 Å². The highest BCUT2D eigenvalue weighted by atomic mass is 32.2. The van der Waals surface area contributed by atoms with Crippen molar-refractivity contribution in [3.63, 3.8) is 0 Å². The van der Waals surface area contributed by atoms with Crippen molar-refractivity contribution in [2.24, 2.45) is 0 Å². The number of carbonyl (C=O) groups excluding carboxylic acids is 1. The van der Waals surface area contributed by atoms with E-state index in [2.05, 4.69) is 24.4 Å². The predicted molar refractivity (Wildman–Crippen MR) is 96.7 cm³/mol. The van der Waals surface area contributed by atoms with Gasteiger partial charge in [0.1, 0.15) is 12.7 Å². The third-order valence-corrected chi connectivity index (χ3v) is 4.83. The summed E-state index contributed by atoms with van der Waals surface area (Å²) in [6.07, 6.45) is -0.148. The number of benzene rings is 2. The summed E-state index contributed by atoms with van der Waals surface area (Å²) in [5.74, 6) is 2.80. The number of para-hydroxylation sites is 2. The van der Waals surface area contributed by atoms with Crippen molar-refractivity contribution in [2.75, 3.05) is 18.9 Å². The molecule has 0 bridgehead atoms. The van der Waals surface area contributed by atoms with Crippen molar-refractivity contribution in [1.82, 2.24) is 5.32 Å². The maximum absolute atomic E-state index is 12.0. The molecule has 4 nitrogen and oxygen atoms in total. The minimum absolute atomic E-state index is 0.0241. The molecule has 0 radical (unpaired) electrons. The third kappa shape index (κ3) is 4.45. The summed E-state index contributed by atoms with van der Waals surface area (Å²) in [7, 11) is 0. The Morgan fingerprint density at radius 2 is 1.92 bits per heavy atom. The smallest absolute Gasteiger partial charge is 0.230 e. The first-order valence-corrected chi connectivity index (χ1v) is 9.15. The summed E-state index contributed by atoms with van der Waals surface area (Å²) in [4.78, 5) is 12.0. The second-order valence-corrected chi connectivity index (χ2v) is 6.71. The Bertz CT molecular complexity index is 705. The van der Waals surface area contributed by atoms with Gasteiger partial charge in [0.15, 0.2) is 11.5 Å². The molecular weight excluding hydrogens is 322 g/mol. The van der Waals surface area contributed by atoms with E-state index in [9.17, 15) is 4.79 Å². The number of fused-ring (bicyclic) bond motifs is 1. The van der Waals surface area contributed by atoms with Crippen LogP contribution < -0.4 is 14.8 Å². The van der Waals surface area contributed by atoms with Gasteiger partial charge in [-0.05, 0) is 30.2 Å². The molecule has 5 heteroatoms. The fourth-order valence-corrected chi connectivity index (χ4v) is 3.40. The molecule has 0 saturated carbocycles. The van der Waals surface area contributed by atoms with Gasteiger partial charge in [0.2, 0.25) is 5.91 Å². The van der Waals surface area contributed by atoms with E-state index in [1.807, 2.05) is 36.4 Å². The summed E-state index contributed by atoms with van der Waals surface area (Å²) in [6.45, 7) is 3.00. The first-order valence-electron chi connectivity index (χ1n) is 8.00. The zero-order valence-corrected chi connectivity index (χ0v) is 14.5.